The first-order chi connectivity index (χ1) is 13.7. The molecular weight excluding hydrogens is 352 g/mol. The summed E-state index contributed by atoms with van der Waals surface area (Å²) in [5, 5.41) is 2.17. The molecule has 2 aromatic carbocycles. The predicted octanol–water partition coefficient (Wildman–Crippen LogP) is 3.56. The van der Waals surface area contributed by atoms with Crippen molar-refractivity contribution in [1.29, 1.82) is 0 Å². The Kier molecular flexibility index (Phi) is 3.62. The zero-order valence-electron chi connectivity index (χ0n) is 14.8. The van der Waals surface area contributed by atoms with E-state index in [0.29, 0.717) is 0 Å². The first-order valence-electron chi connectivity index (χ1n) is 8.88. The zero-order chi connectivity index (χ0) is 19.1. The van der Waals surface area contributed by atoms with Crippen molar-refractivity contribution in [2.45, 2.75) is 0 Å². The van der Waals surface area contributed by atoms with Gasteiger partial charge in [-0.05, 0) is 36.4 Å². The Morgan fingerprint density at radius 3 is 1.46 bits per heavy atom. The lowest BCUT2D eigenvalue weighted by Crippen LogP contribution is -2.14. The maximum absolute atomic E-state index is 11.6. The number of nitrogens with zero attached hydrogens (tertiary/aromatic N) is 2. The smallest absolute Gasteiger partial charge is 0.314 e. The number of H-pyrrole nitrogens is 2. The van der Waals surface area contributed by atoms with Crippen molar-refractivity contribution >= 4 is 32.8 Å². The molecule has 6 rings (SSSR count). The quantitative estimate of drug-likeness (QED) is 0.430. The minimum atomic E-state index is -0.0938. The van der Waals surface area contributed by atoms with Crippen LogP contribution in [-0.2, 0) is 0 Å². The maximum Gasteiger partial charge on any atom is 0.330 e. The molecule has 6 heteroatoms. The van der Waals surface area contributed by atoms with Crippen LogP contribution in [0.15, 0.2) is 94.8 Å². The van der Waals surface area contributed by atoms with Crippen molar-refractivity contribution in [3.05, 3.63) is 106 Å². The van der Waals surface area contributed by atoms with Crippen molar-refractivity contribution in [1.82, 2.24) is 18.8 Å². The third kappa shape index (κ3) is 2.51. The third-order valence-corrected chi connectivity index (χ3v) is 4.81. The number of hydrogen-bond acceptors (Lipinski definition) is 2. The Morgan fingerprint density at radius 2 is 1.00 bits per heavy atom. The van der Waals surface area contributed by atoms with Gasteiger partial charge < -0.3 is 9.97 Å². The molecule has 4 aromatic heterocycles. The standard InChI is InChI=1S/2C11H8N2O/c2*14-11-12-6-5-9-7-8-3-1-2-4-10(8)13(9)11/h2*1-7H,(H,12,14). The molecule has 0 bridgehead atoms. The van der Waals surface area contributed by atoms with E-state index in [1.165, 1.54) is 0 Å². The molecule has 0 aliphatic heterocycles. The average molecular weight is 368 g/mol. The fraction of sp³-hybridized carbons (Fsp3) is 0. The fourth-order valence-corrected chi connectivity index (χ4v) is 3.58. The topological polar surface area (TPSA) is 74.5 Å². The van der Waals surface area contributed by atoms with Gasteiger partial charge in [0.1, 0.15) is 0 Å². The molecule has 2 N–H and O–H groups in total. The average Bonchev–Trinajstić information content (AvgIpc) is 3.28. The Labute approximate surface area is 158 Å². The lowest BCUT2D eigenvalue weighted by Gasteiger charge is -1.93. The van der Waals surface area contributed by atoms with E-state index in [0.717, 1.165) is 32.8 Å². The molecule has 6 aromatic rings. The molecule has 0 aliphatic rings. The summed E-state index contributed by atoms with van der Waals surface area (Å²) in [6.07, 6.45) is 3.33. The number of aromatic amines is 2. The molecule has 0 atom stereocenters. The van der Waals surface area contributed by atoms with Crippen LogP contribution < -0.4 is 11.4 Å². The first-order valence-corrected chi connectivity index (χ1v) is 8.88. The summed E-state index contributed by atoms with van der Waals surface area (Å²) in [6.45, 7) is 0. The van der Waals surface area contributed by atoms with E-state index >= 15 is 0 Å². The summed E-state index contributed by atoms with van der Waals surface area (Å²) in [4.78, 5) is 28.4. The van der Waals surface area contributed by atoms with Crippen LogP contribution in [-0.4, -0.2) is 18.8 Å². The second kappa shape index (κ2) is 6.28. The molecule has 0 amide bonds. The van der Waals surface area contributed by atoms with Gasteiger partial charge in [0, 0.05) is 23.2 Å². The minimum Gasteiger partial charge on any atom is -0.314 e. The predicted molar refractivity (Wildman–Crippen MR) is 111 cm³/mol. The molecule has 0 aliphatic carbocycles. The van der Waals surface area contributed by atoms with Gasteiger partial charge in [-0.1, -0.05) is 36.4 Å². The summed E-state index contributed by atoms with van der Waals surface area (Å²) < 4.78 is 3.35. The number of hydrogen-bond donors (Lipinski definition) is 2. The minimum absolute atomic E-state index is 0.0938. The highest BCUT2D eigenvalue weighted by Gasteiger charge is 2.03. The van der Waals surface area contributed by atoms with Crippen molar-refractivity contribution in [2.24, 2.45) is 0 Å². The number of aromatic nitrogens is 4. The molecule has 0 saturated heterocycles. The summed E-state index contributed by atoms with van der Waals surface area (Å²) >= 11 is 0. The number of fused-ring (bicyclic) bond motifs is 6. The second-order valence-electron chi connectivity index (χ2n) is 6.49. The van der Waals surface area contributed by atoms with Crippen LogP contribution in [0.1, 0.15) is 0 Å². The Hall–Kier alpha value is -4.06. The van der Waals surface area contributed by atoms with E-state index < -0.39 is 0 Å². The number of benzene rings is 2. The van der Waals surface area contributed by atoms with E-state index in [-0.39, 0.29) is 11.4 Å². The van der Waals surface area contributed by atoms with Crippen molar-refractivity contribution in [3.8, 4) is 0 Å². The van der Waals surface area contributed by atoms with Crippen molar-refractivity contribution in [2.75, 3.05) is 0 Å². The van der Waals surface area contributed by atoms with Gasteiger partial charge >= 0.3 is 11.4 Å². The fourth-order valence-electron chi connectivity index (χ4n) is 3.58. The van der Waals surface area contributed by atoms with Crippen LogP contribution in [0.25, 0.3) is 32.8 Å². The molecule has 0 unspecified atom stereocenters. The summed E-state index contributed by atoms with van der Waals surface area (Å²) in [7, 11) is 0. The van der Waals surface area contributed by atoms with Gasteiger partial charge in [-0.15, -0.1) is 0 Å². The van der Waals surface area contributed by atoms with Gasteiger partial charge in [0.15, 0.2) is 0 Å². The Morgan fingerprint density at radius 1 is 0.571 bits per heavy atom. The Bertz CT molecular complexity index is 1450. The van der Waals surface area contributed by atoms with E-state index in [9.17, 15) is 9.59 Å². The molecule has 0 fully saturated rings. The van der Waals surface area contributed by atoms with Gasteiger partial charge in [0.2, 0.25) is 0 Å². The molecule has 28 heavy (non-hydrogen) atoms. The van der Waals surface area contributed by atoms with E-state index in [4.69, 9.17) is 0 Å². The monoisotopic (exact) mass is 368 g/mol. The summed E-state index contributed by atoms with van der Waals surface area (Å²) in [5.74, 6) is 0. The van der Waals surface area contributed by atoms with Crippen LogP contribution in [0.4, 0.5) is 0 Å². The van der Waals surface area contributed by atoms with Crippen LogP contribution in [0.2, 0.25) is 0 Å². The highest BCUT2D eigenvalue weighted by molar-refractivity contribution is 5.87. The van der Waals surface area contributed by atoms with E-state index in [1.807, 2.05) is 72.8 Å². The van der Waals surface area contributed by atoms with Crippen LogP contribution in [0.5, 0.6) is 0 Å². The van der Waals surface area contributed by atoms with Gasteiger partial charge in [0.25, 0.3) is 0 Å². The summed E-state index contributed by atoms with van der Waals surface area (Å²) in [6, 6.07) is 23.5. The first kappa shape index (κ1) is 16.1. The third-order valence-electron chi connectivity index (χ3n) is 4.81. The van der Waals surface area contributed by atoms with E-state index in [2.05, 4.69) is 9.97 Å². The summed E-state index contributed by atoms with van der Waals surface area (Å²) in [5.41, 5.74) is 3.56. The number of nitrogens with one attached hydrogen (secondary N) is 2. The normalized spacial score (nSPS) is 11.1. The molecule has 0 radical (unpaired) electrons. The zero-order valence-corrected chi connectivity index (χ0v) is 14.8. The van der Waals surface area contributed by atoms with Crippen LogP contribution >= 0.6 is 0 Å². The highest BCUT2D eigenvalue weighted by Crippen LogP contribution is 2.17. The molecule has 136 valence electrons. The largest absolute Gasteiger partial charge is 0.330 e. The molecule has 4 heterocycles. The van der Waals surface area contributed by atoms with Crippen LogP contribution in [0.3, 0.4) is 0 Å². The van der Waals surface area contributed by atoms with Gasteiger partial charge in [-0.25, -0.2) is 9.59 Å². The SMILES string of the molecule is O=c1[nH]ccc2cc3ccccc3n12.O=c1[nH]ccc2cc3ccccc3n12. The molecule has 6 nitrogen and oxygen atoms in total. The maximum atomic E-state index is 11.6. The van der Waals surface area contributed by atoms with Crippen LogP contribution in [0, 0.1) is 0 Å². The van der Waals surface area contributed by atoms with Gasteiger partial charge in [0.05, 0.1) is 22.1 Å². The lowest BCUT2D eigenvalue weighted by molar-refractivity contribution is 1.04. The lowest BCUT2D eigenvalue weighted by atomic mass is 10.2. The van der Waals surface area contributed by atoms with Gasteiger partial charge in [-0.3, -0.25) is 8.80 Å². The second-order valence-corrected chi connectivity index (χ2v) is 6.49. The van der Waals surface area contributed by atoms with Crippen molar-refractivity contribution < 1.29 is 0 Å². The van der Waals surface area contributed by atoms with Crippen molar-refractivity contribution in [3.63, 3.8) is 0 Å². The van der Waals surface area contributed by atoms with Gasteiger partial charge in [-0.2, -0.15) is 0 Å². The Balaban J connectivity index is 0.000000122. The number of para-hydroxylation sites is 2. The molecular formula is C22H16N4O2. The molecule has 0 saturated carbocycles. The number of rotatable bonds is 0. The molecule has 0 spiro atoms. The highest BCUT2D eigenvalue weighted by atomic mass is 16.1. The van der Waals surface area contributed by atoms with E-state index in [1.54, 1.807) is 21.2 Å².